The lowest BCUT2D eigenvalue weighted by Gasteiger charge is -2.32. The second kappa shape index (κ2) is 12.2. The first-order valence-corrected chi connectivity index (χ1v) is 14.1. The monoisotopic (exact) mass is 596 g/mol. The summed E-state index contributed by atoms with van der Waals surface area (Å²) in [5.74, 6) is -1.55. The Morgan fingerprint density at radius 3 is 2.39 bits per heavy atom. The minimum atomic E-state index is -1.93. The Hall–Kier alpha value is -5.19. The fraction of sp³-hybridized carbons (Fsp3) is 0.303. The second-order valence-electron chi connectivity index (χ2n) is 11.6. The number of aromatic nitrogens is 4. The summed E-state index contributed by atoms with van der Waals surface area (Å²) in [6.07, 6.45) is -0.788. The molecule has 226 valence electrons. The van der Waals surface area contributed by atoms with Crippen LogP contribution in [0.15, 0.2) is 82.1 Å². The Morgan fingerprint density at radius 2 is 1.66 bits per heavy atom. The number of esters is 1. The highest BCUT2D eigenvalue weighted by atomic mass is 16.6. The molecule has 5 rings (SSSR count). The zero-order valence-electron chi connectivity index (χ0n) is 24.9. The molecule has 0 radical (unpaired) electrons. The van der Waals surface area contributed by atoms with E-state index in [0.29, 0.717) is 34.2 Å². The fourth-order valence-corrected chi connectivity index (χ4v) is 4.86. The molecule has 0 aliphatic heterocycles. The number of ether oxygens (including phenoxy) is 2. The van der Waals surface area contributed by atoms with E-state index in [-0.39, 0.29) is 18.7 Å². The average molecular weight is 597 g/mol. The highest BCUT2D eigenvalue weighted by Gasteiger charge is 2.48. The van der Waals surface area contributed by atoms with E-state index in [1.807, 2.05) is 30.3 Å². The average Bonchev–Trinajstić information content (AvgIpc) is 3.42. The third-order valence-electron chi connectivity index (χ3n) is 7.26. The maximum absolute atomic E-state index is 13.7. The van der Waals surface area contributed by atoms with Crippen molar-refractivity contribution in [2.75, 3.05) is 0 Å². The van der Waals surface area contributed by atoms with E-state index in [9.17, 15) is 19.2 Å². The Labute approximate surface area is 252 Å². The standard InChI is InChI=1S/C33H32N4O7/c1-21(38)33(31(41)43-32(2,3)4,16-17-37-30(40)24-12-8-9-13-26(24)34-36-37)19-27(39)29-25-15-14-23(18-28(25)44-35-29)42-20-22-10-6-5-7-11-22/h5-15,18H,16-17,19-20H2,1-4H3. The Balaban J connectivity index is 1.43. The van der Waals surface area contributed by atoms with Crippen molar-refractivity contribution in [3.63, 3.8) is 0 Å². The summed E-state index contributed by atoms with van der Waals surface area (Å²) in [6.45, 7) is 6.40. The van der Waals surface area contributed by atoms with Gasteiger partial charge in [-0.25, -0.2) is 4.68 Å². The van der Waals surface area contributed by atoms with Crippen LogP contribution in [0.3, 0.4) is 0 Å². The summed E-state index contributed by atoms with van der Waals surface area (Å²) in [7, 11) is 0. The SMILES string of the molecule is CC(=O)C(CCn1nnc2ccccc2c1=O)(CC(=O)c1noc2cc(OCc3ccccc3)ccc12)C(=O)OC(C)(C)C. The van der Waals surface area contributed by atoms with Gasteiger partial charge in [-0.1, -0.05) is 52.8 Å². The van der Waals surface area contributed by atoms with Crippen molar-refractivity contribution in [3.8, 4) is 5.75 Å². The maximum atomic E-state index is 13.7. The summed E-state index contributed by atoms with van der Waals surface area (Å²) in [5, 5.41) is 12.8. The van der Waals surface area contributed by atoms with Gasteiger partial charge in [0, 0.05) is 19.0 Å². The van der Waals surface area contributed by atoms with Gasteiger partial charge in [0.15, 0.2) is 17.1 Å². The molecule has 11 heteroatoms. The molecule has 0 bridgehead atoms. The first-order chi connectivity index (χ1) is 21.0. The first-order valence-electron chi connectivity index (χ1n) is 14.1. The molecule has 2 aromatic heterocycles. The number of carbonyl (C=O) groups is 3. The van der Waals surface area contributed by atoms with E-state index < -0.39 is 40.5 Å². The highest BCUT2D eigenvalue weighted by Crippen LogP contribution is 2.35. The molecule has 0 aliphatic rings. The van der Waals surface area contributed by atoms with Gasteiger partial charge in [0.1, 0.15) is 34.7 Å². The van der Waals surface area contributed by atoms with Crippen LogP contribution < -0.4 is 10.3 Å². The molecule has 0 fully saturated rings. The quantitative estimate of drug-likeness (QED) is 0.115. The second-order valence-corrected chi connectivity index (χ2v) is 11.6. The molecule has 5 aromatic rings. The fourth-order valence-electron chi connectivity index (χ4n) is 4.86. The predicted octanol–water partition coefficient (Wildman–Crippen LogP) is 5.09. The molecule has 0 aliphatic carbocycles. The summed E-state index contributed by atoms with van der Waals surface area (Å²) in [4.78, 5) is 53.8. The van der Waals surface area contributed by atoms with E-state index in [2.05, 4.69) is 15.5 Å². The third-order valence-corrected chi connectivity index (χ3v) is 7.26. The number of hydrogen-bond donors (Lipinski definition) is 0. The van der Waals surface area contributed by atoms with Crippen LogP contribution >= 0.6 is 0 Å². The lowest BCUT2D eigenvalue weighted by Crippen LogP contribution is -2.45. The minimum absolute atomic E-state index is 0.0357. The van der Waals surface area contributed by atoms with Crippen molar-refractivity contribution in [2.45, 2.75) is 59.3 Å². The smallest absolute Gasteiger partial charge is 0.320 e. The van der Waals surface area contributed by atoms with Crippen molar-refractivity contribution in [1.82, 2.24) is 20.2 Å². The van der Waals surface area contributed by atoms with Crippen LogP contribution in [0.4, 0.5) is 0 Å². The largest absolute Gasteiger partial charge is 0.489 e. The summed E-state index contributed by atoms with van der Waals surface area (Å²) in [5.41, 5.74) is -1.63. The van der Waals surface area contributed by atoms with E-state index >= 15 is 0 Å². The lowest BCUT2D eigenvalue weighted by molar-refractivity contribution is -0.170. The van der Waals surface area contributed by atoms with Crippen LogP contribution in [0.1, 0.15) is 56.6 Å². The van der Waals surface area contributed by atoms with Gasteiger partial charge in [-0.05, 0) is 63.9 Å². The van der Waals surface area contributed by atoms with E-state index in [0.717, 1.165) is 10.2 Å². The van der Waals surface area contributed by atoms with Gasteiger partial charge in [0.25, 0.3) is 5.56 Å². The molecule has 11 nitrogen and oxygen atoms in total. The number of hydrogen-bond acceptors (Lipinski definition) is 10. The van der Waals surface area contributed by atoms with Crippen LogP contribution in [0.5, 0.6) is 5.75 Å². The number of ketones is 2. The third kappa shape index (κ3) is 6.41. The number of nitrogens with zero attached hydrogens (tertiary/aromatic N) is 4. The maximum Gasteiger partial charge on any atom is 0.320 e. The summed E-state index contributed by atoms with van der Waals surface area (Å²) >= 11 is 0. The Morgan fingerprint density at radius 1 is 0.932 bits per heavy atom. The van der Waals surface area contributed by atoms with Gasteiger partial charge in [-0.3, -0.25) is 19.2 Å². The topological polar surface area (TPSA) is 143 Å². The van der Waals surface area contributed by atoms with Crippen molar-refractivity contribution in [3.05, 3.63) is 94.4 Å². The zero-order valence-corrected chi connectivity index (χ0v) is 24.9. The van der Waals surface area contributed by atoms with Gasteiger partial charge < -0.3 is 14.0 Å². The molecule has 0 amide bonds. The number of benzene rings is 3. The van der Waals surface area contributed by atoms with Crippen LogP contribution in [-0.4, -0.2) is 43.3 Å². The molecule has 1 unspecified atom stereocenters. The van der Waals surface area contributed by atoms with E-state index in [1.165, 1.54) is 6.92 Å². The van der Waals surface area contributed by atoms with Crippen molar-refractivity contribution >= 4 is 39.4 Å². The van der Waals surface area contributed by atoms with E-state index in [4.69, 9.17) is 14.0 Å². The van der Waals surface area contributed by atoms with Crippen LogP contribution in [0, 0.1) is 5.41 Å². The molecule has 0 N–H and O–H groups in total. The van der Waals surface area contributed by atoms with Gasteiger partial charge in [-0.2, -0.15) is 0 Å². The highest BCUT2D eigenvalue weighted by molar-refractivity contribution is 6.12. The molecule has 0 saturated carbocycles. The minimum Gasteiger partial charge on any atom is -0.489 e. The molecule has 0 saturated heterocycles. The molecular formula is C33H32N4O7. The van der Waals surface area contributed by atoms with Crippen molar-refractivity contribution in [1.29, 1.82) is 0 Å². The number of aryl methyl sites for hydroxylation is 1. The van der Waals surface area contributed by atoms with Gasteiger partial charge >= 0.3 is 5.97 Å². The number of rotatable bonds is 11. The van der Waals surface area contributed by atoms with Crippen LogP contribution in [-0.2, 0) is 27.5 Å². The Bertz CT molecular complexity index is 1910. The van der Waals surface area contributed by atoms with Gasteiger partial charge in [0.05, 0.1) is 10.8 Å². The first kappa shape index (κ1) is 30.3. The lowest BCUT2D eigenvalue weighted by atomic mass is 9.75. The molecular weight excluding hydrogens is 564 g/mol. The zero-order chi connectivity index (χ0) is 31.5. The van der Waals surface area contributed by atoms with E-state index in [1.54, 1.807) is 63.2 Å². The Kier molecular flexibility index (Phi) is 8.39. The molecule has 1 atom stereocenters. The molecule has 3 aromatic carbocycles. The predicted molar refractivity (Wildman–Crippen MR) is 161 cm³/mol. The van der Waals surface area contributed by atoms with Crippen LogP contribution in [0.25, 0.3) is 21.9 Å². The molecule has 0 spiro atoms. The van der Waals surface area contributed by atoms with Crippen LogP contribution in [0.2, 0.25) is 0 Å². The molecule has 44 heavy (non-hydrogen) atoms. The van der Waals surface area contributed by atoms with Gasteiger partial charge in [-0.15, -0.1) is 5.10 Å². The van der Waals surface area contributed by atoms with Crippen molar-refractivity contribution in [2.24, 2.45) is 5.41 Å². The van der Waals surface area contributed by atoms with Gasteiger partial charge in [0.2, 0.25) is 0 Å². The summed E-state index contributed by atoms with van der Waals surface area (Å²) < 4.78 is 18.0. The number of carbonyl (C=O) groups excluding carboxylic acids is 3. The normalized spacial score (nSPS) is 13.0. The van der Waals surface area contributed by atoms with Crippen molar-refractivity contribution < 1.29 is 28.4 Å². The number of fused-ring (bicyclic) bond motifs is 2. The summed E-state index contributed by atoms with van der Waals surface area (Å²) in [6, 6.07) is 21.3. The molecule has 2 heterocycles. The number of Topliss-reactive ketones (excluding diaryl/α,β-unsaturated/α-hetero) is 2.